The Hall–Kier alpha value is -1.39. The van der Waals surface area contributed by atoms with Gasteiger partial charge in [0.1, 0.15) is 0 Å². The molecule has 1 rings (SSSR count). The molecule has 1 amide bonds. The highest BCUT2D eigenvalue weighted by Crippen LogP contribution is 2.06. The Balaban J connectivity index is 2.58. The molecule has 0 aliphatic carbocycles. The Bertz CT molecular complexity index is 347. The SMILES string of the molecule is CCOC(OCC)C(=O)N(C)Cc1ccccc1. The number of ether oxygens (including phenoxy) is 2. The molecule has 0 spiro atoms. The molecule has 0 saturated heterocycles. The van der Waals surface area contributed by atoms with Crippen molar-refractivity contribution in [2.45, 2.75) is 26.7 Å². The van der Waals surface area contributed by atoms with Gasteiger partial charge < -0.3 is 14.4 Å². The van der Waals surface area contributed by atoms with Crippen LogP contribution in [-0.2, 0) is 20.8 Å². The molecule has 0 saturated carbocycles. The first-order valence-corrected chi connectivity index (χ1v) is 6.21. The third-order valence-electron chi connectivity index (χ3n) is 2.48. The summed E-state index contributed by atoms with van der Waals surface area (Å²) in [5.74, 6) is -0.150. The first kappa shape index (κ1) is 14.7. The fourth-order valence-electron chi connectivity index (χ4n) is 1.61. The molecule has 0 N–H and O–H groups in total. The number of carbonyl (C=O) groups excluding carboxylic acids is 1. The van der Waals surface area contributed by atoms with E-state index in [0.29, 0.717) is 19.8 Å². The summed E-state index contributed by atoms with van der Waals surface area (Å²) in [4.78, 5) is 13.7. The van der Waals surface area contributed by atoms with Crippen LogP contribution in [-0.4, -0.2) is 37.4 Å². The molecule has 18 heavy (non-hydrogen) atoms. The molecule has 0 heterocycles. The lowest BCUT2D eigenvalue weighted by atomic mass is 10.2. The summed E-state index contributed by atoms with van der Waals surface area (Å²) >= 11 is 0. The lowest BCUT2D eigenvalue weighted by Gasteiger charge is -2.23. The minimum absolute atomic E-state index is 0.150. The third-order valence-corrected chi connectivity index (χ3v) is 2.48. The lowest BCUT2D eigenvalue weighted by Crippen LogP contribution is -2.39. The summed E-state index contributed by atoms with van der Waals surface area (Å²) < 4.78 is 10.6. The Labute approximate surface area is 108 Å². The van der Waals surface area contributed by atoms with Crippen LogP contribution in [0.5, 0.6) is 0 Å². The minimum atomic E-state index is -0.797. The van der Waals surface area contributed by atoms with Gasteiger partial charge in [-0.15, -0.1) is 0 Å². The molecule has 4 nitrogen and oxygen atoms in total. The first-order chi connectivity index (χ1) is 8.69. The van der Waals surface area contributed by atoms with Crippen molar-refractivity contribution in [3.8, 4) is 0 Å². The van der Waals surface area contributed by atoms with Crippen molar-refractivity contribution >= 4 is 5.91 Å². The van der Waals surface area contributed by atoms with Crippen LogP contribution in [0.15, 0.2) is 30.3 Å². The van der Waals surface area contributed by atoms with Crippen LogP contribution in [0, 0.1) is 0 Å². The first-order valence-electron chi connectivity index (χ1n) is 6.21. The number of amides is 1. The summed E-state index contributed by atoms with van der Waals surface area (Å²) in [6.45, 7) is 5.15. The molecule has 0 atom stereocenters. The molecular weight excluding hydrogens is 230 g/mol. The molecule has 1 aromatic carbocycles. The van der Waals surface area contributed by atoms with Crippen LogP contribution in [0.4, 0.5) is 0 Å². The summed E-state index contributed by atoms with van der Waals surface area (Å²) in [6.07, 6.45) is -0.797. The van der Waals surface area contributed by atoms with Crippen LogP contribution >= 0.6 is 0 Å². The van der Waals surface area contributed by atoms with Crippen molar-refractivity contribution in [1.82, 2.24) is 4.90 Å². The van der Waals surface area contributed by atoms with Crippen LogP contribution in [0.3, 0.4) is 0 Å². The van der Waals surface area contributed by atoms with Gasteiger partial charge in [0.25, 0.3) is 5.91 Å². The standard InChI is InChI=1S/C14H21NO3/c1-4-17-14(18-5-2)13(16)15(3)11-12-9-7-6-8-10-12/h6-10,14H,4-5,11H2,1-3H3. The number of benzene rings is 1. The van der Waals surface area contributed by atoms with Crippen molar-refractivity contribution in [3.63, 3.8) is 0 Å². The molecule has 0 aliphatic heterocycles. The van der Waals surface area contributed by atoms with Gasteiger partial charge in [0, 0.05) is 26.8 Å². The van der Waals surface area contributed by atoms with E-state index in [2.05, 4.69) is 0 Å². The van der Waals surface area contributed by atoms with Crippen LogP contribution in [0.2, 0.25) is 0 Å². The molecule has 0 bridgehead atoms. The van der Waals surface area contributed by atoms with Gasteiger partial charge in [-0.1, -0.05) is 30.3 Å². The average Bonchev–Trinajstić information content (AvgIpc) is 2.39. The second-order valence-corrected chi connectivity index (χ2v) is 3.92. The zero-order chi connectivity index (χ0) is 13.4. The van der Waals surface area contributed by atoms with E-state index in [-0.39, 0.29) is 5.91 Å². The van der Waals surface area contributed by atoms with E-state index >= 15 is 0 Å². The van der Waals surface area contributed by atoms with E-state index in [1.807, 2.05) is 44.2 Å². The number of nitrogens with zero attached hydrogens (tertiary/aromatic N) is 1. The number of carbonyl (C=O) groups is 1. The highest BCUT2D eigenvalue weighted by Gasteiger charge is 2.22. The topological polar surface area (TPSA) is 38.8 Å². The Kier molecular flexibility index (Phi) is 6.39. The van der Waals surface area contributed by atoms with E-state index < -0.39 is 6.29 Å². The van der Waals surface area contributed by atoms with Gasteiger partial charge >= 0.3 is 0 Å². The second-order valence-electron chi connectivity index (χ2n) is 3.92. The minimum Gasteiger partial charge on any atom is -0.345 e. The third kappa shape index (κ3) is 4.47. The van der Waals surface area contributed by atoms with Gasteiger partial charge in [-0.2, -0.15) is 0 Å². The smallest absolute Gasteiger partial charge is 0.279 e. The highest BCUT2D eigenvalue weighted by molar-refractivity contribution is 5.79. The number of hydrogen-bond acceptors (Lipinski definition) is 3. The maximum atomic E-state index is 12.1. The Morgan fingerprint density at radius 3 is 2.22 bits per heavy atom. The predicted molar refractivity (Wildman–Crippen MR) is 70.0 cm³/mol. The van der Waals surface area contributed by atoms with Crippen molar-refractivity contribution in [2.75, 3.05) is 20.3 Å². The van der Waals surface area contributed by atoms with Gasteiger partial charge in [0.05, 0.1) is 0 Å². The van der Waals surface area contributed by atoms with E-state index in [9.17, 15) is 4.79 Å². The van der Waals surface area contributed by atoms with Gasteiger partial charge in [0.15, 0.2) is 0 Å². The zero-order valence-corrected chi connectivity index (χ0v) is 11.3. The Morgan fingerprint density at radius 2 is 1.72 bits per heavy atom. The highest BCUT2D eigenvalue weighted by atomic mass is 16.7. The summed E-state index contributed by atoms with van der Waals surface area (Å²) in [5, 5.41) is 0. The van der Waals surface area contributed by atoms with Crippen LogP contribution < -0.4 is 0 Å². The van der Waals surface area contributed by atoms with E-state index in [1.54, 1.807) is 11.9 Å². The average molecular weight is 251 g/mol. The van der Waals surface area contributed by atoms with Crippen LogP contribution in [0.25, 0.3) is 0 Å². The van der Waals surface area contributed by atoms with Gasteiger partial charge in [-0.3, -0.25) is 4.79 Å². The molecular formula is C14H21NO3. The Morgan fingerprint density at radius 1 is 1.17 bits per heavy atom. The zero-order valence-electron chi connectivity index (χ0n) is 11.3. The predicted octanol–water partition coefficient (Wildman–Crippen LogP) is 2.04. The molecule has 4 heteroatoms. The van der Waals surface area contributed by atoms with Crippen molar-refractivity contribution in [3.05, 3.63) is 35.9 Å². The van der Waals surface area contributed by atoms with Gasteiger partial charge in [-0.25, -0.2) is 0 Å². The summed E-state index contributed by atoms with van der Waals surface area (Å²) in [6, 6.07) is 9.83. The van der Waals surface area contributed by atoms with Crippen molar-refractivity contribution in [2.24, 2.45) is 0 Å². The molecule has 0 aliphatic rings. The number of hydrogen-bond donors (Lipinski definition) is 0. The van der Waals surface area contributed by atoms with Gasteiger partial charge in [-0.05, 0) is 19.4 Å². The van der Waals surface area contributed by atoms with Crippen LogP contribution in [0.1, 0.15) is 19.4 Å². The van der Waals surface area contributed by atoms with E-state index in [1.165, 1.54) is 0 Å². The fourth-order valence-corrected chi connectivity index (χ4v) is 1.61. The maximum Gasteiger partial charge on any atom is 0.279 e. The summed E-state index contributed by atoms with van der Waals surface area (Å²) in [5.41, 5.74) is 1.08. The summed E-state index contributed by atoms with van der Waals surface area (Å²) in [7, 11) is 1.75. The monoisotopic (exact) mass is 251 g/mol. The van der Waals surface area contributed by atoms with Crippen molar-refractivity contribution < 1.29 is 14.3 Å². The maximum absolute atomic E-state index is 12.1. The molecule has 0 aromatic heterocycles. The molecule has 0 unspecified atom stereocenters. The van der Waals surface area contributed by atoms with E-state index in [0.717, 1.165) is 5.56 Å². The van der Waals surface area contributed by atoms with E-state index in [4.69, 9.17) is 9.47 Å². The second kappa shape index (κ2) is 7.84. The molecule has 0 fully saturated rings. The molecule has 1 aromatic rings. The number of rotatable bonds is 7. The number of likely N-dealkylation sites (N-methyl/N-ethyl adjacent to an activating group) is 1. The lowest BCUT2D eigenvalue weighted by molar-refractivity contribution is -0.179. The fraction of sp³-hybridized carbons (Fsp3) is 0.500. The largest absolute Gasteiger partial charge is 0.345 e. The molecule has 0 radical (unpaired) electrons. The van der Waals surface area contributed by atoms with Crippen molar-refractivity contribution in [1.29, 1.82) is 0 Å². The normalized spacial score (nSPS) is 10.7. The quantitative estimate of drug-likeness (QED) is 0.696. The van der Waals surface area contributed by atoms with Gasteiger partial charge in [0.2, 0.25) is 6.29 Å². The molecule has 100 valence electrons.